The SMILES string of the molecule is CNCc1ccc(N2CCCC(CO)C2)c(C#N)c1. The molecule has 4 nitrogen and oxygen atoms in total. The molecule has 1 heterocycles. The van der Waals surface area contributed by atoms with E-state index in [0.29, 0.717) is 5.92 Å². The molecule has 2 rings (SSSR count). The predicted molar refractivity (Wildman–Crippen MR) is 75.9 cm³/mol. The largest absolute Gasteiger partial charge is 0.396 e. The summed E-state index contributed by atoms with van der Waals surface area (Å²) in [7, 11) is 1.90. The first-order valence-electron chi connectivity index (χ1n) is 6.82. The van der Waals surface area contributed by atoms with Gasteiger partial charge < -0.3 is 15.3 Å². The molecule has 19 heavy (non-hydrogen) atoms. The zero-order valence-corrected chi connectivity index (χ0v) is 11.4. The molecule has 1 aliphatic heterocycles. The third kappa shape index (κ3) is 3.25. The molecule has 0 spiro atoms. The van der Waals surface area contributed by atoms with E-state index in [2.05, 4.69) is 22.4 Å². The van der Waals surface area contributed by atoms with E-state index in [1.807, 2.05) is 19.2 Å². The van der Waals surface area contributed by atoms with Crippen LogP contribution in [0.25, 0.3) is 0 Å². The first-order chi connectivity index (χ1) is 9.28. The molecule has 1 unspecified atom stereocenters. The molecule has 102 valence electrons. The summed E-state index contributed by atoms with van der Waals surface area (Å²) in [5.41, 5.74) is 2.85. The number of piperidine rings is 1. The van der Waals surface area contributed by atoms with Crippen LogP contribution in [0.2, 0.25) is 0 Å². The summed E-state index contributed by atoms with van der Waals surface area (Å²) in [5.74, 6) is 0.331. The molecule has 1 atom stereocenters. The maximum absolute atomic E-state index is 9.32. The Bertz CT molecular complexity index is 467. The standard InChI is InChI=1S/C15H21N3O/c1-17-9-12-4-5-15(14(7-12)8-16)18-6-2-3-13(10-18)11-19/h4-5,7,13,17,19H,2-3,6,9-11H2,1H3. The van der Waals surface area contributed by atoms with Crippen LogP contribution in [0.5, 0.6) is 0 Å². The van der Waals surface area contributed by atoms with Crippen molar-refractivity contribution in [2.75, 3.05) is 31.6 Å². The van der Waals surface area contributed by atoms with Crippen molar-refractivity contribution < 1.29 is 5.11 Å². The molecule has 0 radical (unpaired) electrons. The van der Waals surface area contributed by atoms with Gasteiger partial charge in [0.15, 0.2) is 0 Å². The summed E-state index contributed by atoms with van der Waals surface area (Å²) in [6.45, 7) is 2.82. The first-order valence-corrected chi connectivity index (χ1v) is 6.82. The molecule has 0 aromatic heterocycles. The Morgan fingerprint density at radius 2 is 2.37 bits per heavy atom. The minimum absolute atomic E-state index is 0.232. The lowest BCUT2D eigenvalue weighted by Gasteiger charge is -2.34. The Morgan fingerprint density at radius 1 is 1.53 bits per heavy atom. The van der Waals surface area contributed by atoms with Crippen LogP contribution in [0, 0.1) is 17.2 Å². The fourth-order valence-corrected chi connectivity index (χ4v) is 2.70. The van der Waals surface area contributed by atoms with Crippen LogP contribution in [0.4, 0.5) is 5.69 Å². The van der Waals surface area contributed by atoms with Gasteiger partial charge in [0.1, 0.15) is 6.07 Å². The van der Waals surface area contributed by atoms with E-state index in [1.165, 1.54) is 0 Å². The smallest absolute Gasteiger partial charge is 0.101 e. The van der Waals surface area contributed by atoms with Crippen molar-refractivity contribution in [3.05, 3.63) is 29.3 Å². The molecule has 4 heteroatoms. The van der Waals surface area contributed by atoms with Crippen molar-refractivity contribution in [2.24, 2.45) is 5.92 Å². The molecule has 0 aliphatic carbocycles. The third-order valence-electron chi connectivity index (χ3n) is 3.68. The fourth-order valence-electron chi connectivity index (χ4n) is 2.70. The number of anilines is 1. The Labute approximate surface area is 114 Å². The average molecular weight is 259 g/mol. The van der Waals surface area contributed by atoms with Crippen molar-refractivity contribution in [1.82, 2.24) is 5.32 Å². The maximum atomic E-state index is 9.32. The van der Waals surface area contributed by atoms with E-state index in [-0.39, 0.29) is 6.61 Å². The number of nitrogens with zero attached hydrogens (tertiary/aromatic N) is 2. The van der Waals surface area contributed by atoms with E-state index < -0.39 is 0 Å². The number of hydrogen-bond acceptors (Lipinski definition) is 4. The zero-order valence-electron chi connectivity index (χ0n) is 11.4. The number of nitrogens with one attached hydrogen (secondary N) is 1. The fraction of sp³-hybridized carbons (Fsp3) is 0.533. The van der Waals surface area contributed by atoms with Gasteiger partial charge in [-0.3, -0.25) is 0 Å². The van der Waals surface area contributed by atoms with Gasteiger partial charge >= 0.3 is 0 Å². The van der Waals surface area contributed by atoms with Gasteiger partial charge in [0.25, 0.3) is 0 Å². The summed E-state index contributed by atoms with van der Waals surface area (Å²) in [5, 5.41) is 21.7. The molecule has 0 saturated carbocycles. The molecular weight excluding hydrogens is 238 g/mol. The molecule has 0 amide bonds. The average Bonchev–Trinajstić information content (AvgIpc) is 2.47. The second-order valence-electron chi connectivity index (χ2n) is 5.13. The summed E-state index contributed by atoms with van der Waals surface area (Å²) < 4.78 is 0. The predicted octanol–water partition coefficient (Wildman–Crippen LogP) is 1.49. The second kappa shape index (κ2) is 6.55. The van der Waals surface area contributed by atoms with Crippen LogP contribution in [0.3, 0.4) is 0 Å². The number of nitriles is 1. The topological polar surface area (TPSA) is 59.3 Å². The molecule has 1 aliphatic rings. The number of aliphatic hydroxyl groups excluding tert-OH is 1. The van der Waals surface area contributed by atoms with Gasteiger partial charge in [0.2, 0.25) is 0 Å². The highest BCUT2D eigenvalue weighted by Gasteiger charge is 2.21. The molecular formula is C15H21N3O. The van der Waals surface area contributed by atoms with Crippen LogP contribution in [0.15, 0.2) is 18.2 Å². The van der Waals surface area contributed by atoms with Crippen LogP contribution in [-0.4, -0.2) is 31.9 Å². The monoisotopic (exact) mass is 259 g/mol. The minimum atomic E-state index is 0.232. The normalized spacial score (nSPS) is 19.2. The lowest BCUT2D eigenvalue weighted by atomic mass is 9.97. The van der Waals surface area contributed by atoms with Gasteiger partial charge in [0, 0.05) is 26.2 Å². The highest BCUT2D eigenvalue weighted by Crippen LogP contribution is 2.26. The van der Waals surface area contributed by atoms with Gasteiger partial charge in [0.05, 0.1) is 11.3 Å². The lowest BCUT2D eigenvalue weighted by Crippen LogP contribution is -2.37. The molecule has 1 aromatic rings. The van der Waals surface area contributed by atoms with Gasteiger partial charge in [-0.25, -0.2) is 0 Å². The Hall–Kier alpha value is -1.57. The van der Waals surface area contributed by atoms with Gasteiger partial charge in [-0.1, -0.05) is 6.07 Å². The number of hydrogen-bond donors (Lipinski definition) is 2. The summed E-state index contributed by atoms with van der Waals surface area (Å²) in [4.78, 5) is 2.23. The number of aliphatic hydroxyl groups is 1. The summed E-state index contributed by atoms with van der Waals surface area (Å²) in [6, 6.07) is 8.34. The van der Waals surface area contributed by atoms with Crippen molar-refractivity contribution in [3.8, 4) is 6.07 Å². The molecule has 0 bridgehead atoms. The van der Waals surface area contributed by atoms with Crippen LogP contribution < -0.4 is 10.2 Å². The Morgan fingerprint density at radius 3 is 3.05 bits per heavy atom. The Kier molecular flexibility index (Phi) is 4.78. The number of rotatable bonds is 4. The van der Waals surface area contributed by atoms with E-state index in [9.17, 15) is 10.4 Å². The van der Waals surface area contributed by atoms with E-state index in [1.54, 1.807) is 0 Å². The zero-order chi connectivity index (χ0) is 13.7. The van der Waals surface area contributed by atoms with Crippen molar-refractivity contribution >= 4 is 5.69 Å². The van der Waals surface area contributed by atoms with E-state index in [0.717, 1.165) is 49.3 Å². The van der Waals surface area contributed by atoms with Gasteiger partial charge in [-0.05, 0) is 43.5 Å². The lowest BCUT2D eigenvalue weighted by molar-refractivity contribution is 0.208. The van der Waals surface area contributed by atoms with Crippen molar-refractivity contribution in [1.29, 1.82) is 5.26 Å². The first kappa shape index (κ1) is 13.9. The summed E-state index contributed by atoms with van der Waals surface area (Å²) >= 11 is 0. The molecule has 1 saturated heterocycles. The minimum Gasteiger partial charge on any atom is -0.396 e. The number of benzene rings is 1. The maximum Gasteiger partial charge on any atom is 0.101 e. The van der Waals surface area contributed by atoms with Crippen molar-refractivity contribution in [3.63, 3.8) is 0 Å². The second-order valence-corrected chi connectivity index (χ2v) is 5.13. The van der Waals surface area contributed by atoms with Crippen LogP contribution in [0.1, 0.15) is 24.0 Å². The highest BCUT2D eigenvalue weighted by molar-refractivity contribution is 5.60. The van der Waals surface area contributed by atoms with Gasteiger partial charge in [-0.15, -0.1) is 0 Å². The van der Waals surface area contributed by atoms with Crippen LogP contribution in [-0.2, 0) is 6.54 Å². The Balaban J connectivity index is 2.21. The van der Waals surface area contributed by atoms with Crippen molar-refractivity contribution in [2.45, 2.75) is 19.4 Å². The van der Waals surface area contributed by atoms with Gasteiger partial charge in [-0.2, -0.15) is 5.26 Å². The molecule has 2 N–H and O–H groups in total. The van der Waals surface area contributed by atoms with E-state index in [4.69, 9.17) is 0 Å². The molecule has 1 aromatic carbocycles. The highest BCUT2D eigenvalue weighted by atomic mass is 16.3. The van der Waals surface area contributed by atoms with Crippen LogP contribution >= 0.6 is 0 Å². The quantitative estimate of drug-likeness (QED) is 0.860. The third-order valence-corrected chi connectivity index (χ3v) is 3.68. The molecule has 1 fully saturated rings. The van der Waals surface area contributed by atoms with E-state index >= 15 is 0 Å². The summed E-state index contributed by atoms with van der Waals surface area (Å²) in [6.07, 6.45) is 2.15.